The standard InChI is InChI=1S/C20H27N3O3S/c1-5-19(24)21-16-8-9-17(22(2)3)15(13-16)14-23(10-11-26-4)20(25)18-7-6-12-27-18/h6-9,12-13H,5,10-11,14H2,1-4H3,(H,21,24). The van der Waals surface area contributed by atoms with Crippen LogP contribution in [0.15, 0.2) is 35.7 Å². The van der Waals surface area contributed by atoms with Crippen molar-refractivity contribution in [2.24, 2.45) is 0 Å². The number of ether oxygens (including phenoxy) is 1. The Bertz CT molecular complexity index is 760. The molecular weight excluding hydrogens is 362 g/mol. The first-order chi connectivity index (χ1) is 13.0. The van der Waals surface area contributed by atoms with Crippen LogP contribution in [0.2, 0.25) is 0 Å². The number of carbonyl (C=O) groups is 2. The van der Waals surface area contributed by atoms with Crippen LogP contribution in [0.5, 0.6) is 0 Å². The van der Waals surface area contributed by atoms with E-state index in [9.17, 15) is 9.59 Å². The van der Waals surface area contributed by atoms with Crippen LogP contribution >= 0.6 is 11.3 Å². The van der Waals surface area contributed by atoms with Crippen molar-refractivity contribution in [3.05, 3.63) is 46.2 Å². The van der Waals surface area contributed by atoms with Gasteiger partial charge < -0.3 is 19.9 Å². The molecule has 1 N–H and O–H groups in total. The molecule has 1 aromatic carbocycles. The summed E-state index contributed by atoms with van der Waals surface area (Å²) in [6, 6.07) is 9.48. The van der Waals surface area contributed by atoms with Crippen LogP contribution in [0.4, 0.5) is 11.4 Å². The van der Waals surface area contributed by atoms with Crippen molar-refractivity contribution >= 4 is 34.5 Å². The van der Waals surface area contributed by atoms with Gasteiger partial charge in [0, 0.05) is 52.1 Å². The molecule has 2 amide bonds. The predicted octanol–water partition coefficient (Wildman–Crippen LogP) is 3.45. The van der Waals surface area contributed by atoms with E-state index in [2.05, 4.69) is 5.32 Å². The fourth-order valence-corrected chi connectivity index (χ4v) is 3.38. The highest BCUT2D eigenvalue weighted by Gasteiger charge is 2.19. The Hall–Kier alpha value is -2.38. The van der Waals surface area contributed by atoms with E-state index in [-0.39, 0.29) is 11.8 Å². The van der Waals surface area contributed by atoms with Crippen molar-refractivity contribution in [1.82, 2.24) is 4.90 Å². The Labute approximate surface area is 164 Å². The van der Waals surface area contributed by atoms with Crippen LogP contribution in [0.25, 0.3) is 0 Å². The maximum Gasteiger partial charge on any atom is 0.264 e. The lowest BCUT2D eigenvalue weighted by Crippen LogP contribution is -2.33. The summed E-state index contributed by atoms with van der Waals surface area (Å²) in [6.45, 7) is 3.20. The van der Waals surface area contributed by atoms with Gasteiger partial charge in [0.25, 0.3) is 5.91 Å². The molecule has 7 heteroatoms. The molecule has 0 fully saturated rings. The smallest absolute Gasteiger partial charge is 0.264 e. The minimum Gasteiger partial charge on any atom is -0.383 e. The fourth-order valence-electron chi connectivity index (χ4n) is 2.69. The number of rotatable bonds is 9. The summed E-state index contributed by atoms with van der Waals surface area (Å²) in [7, 11) is 5.55. The van der Waals surface area contributed by atoms with Gasteiger partial charge in [0.2, 0.25) is 5.91 Å². The van der Waals surface area contributed by atoms with Crippen molar-refractivity contribution in [1.29, 1.82) is 0 Å². The maximum atomic E-state index is 12.9. The van der Waals surface area contributed by atoms with Gasteiger partial charge >= 0.3 is 0 Å². The fraction of sp³-hybridized carbons (Fsp3) is 0.400. The summed E-state index contributed by atoms with van der Waals surface area (Å²) in [6.07, 6.45) is 0.418. The molecule has 0 saturated carbocycles. The third kappa shape index (κ3) is 5.80. The molecule has 0 aliphatic heterocycles. The number of methoxy groups -OCH3 is 1. The molecule has 0 bridgehead atoms. The second kappa shape index (κ2) is 10.1. The molecule has 2 rings (SSSR count). The van der Waals surface area contributed by atoms with Crippen molar-refractivity contribution in [2.75, 3.05) is 44.6 Å². The van der Waals surface area contributed by atoms with Gasteiger partial charge in [-0.1, -0.05) is 13.0 Å². The molecule has 1 aromatic heterocycles. The van der Waals surface area contributed by atoms with Crippen LogP contribution in [0.1, 0.15) is 28.6 Å². The van der Waals surface area contributed by atoms with Crippen LogP contribution in [-0.2, 0) is 16.1 Å². The molecule has 0 aliphatic rings. The number of hydrogen-bond donors (Lipinski definition) is 1. The molecule has 0 atom stereocenters. The Morgan fingerprint density at radius 1 is 1.22 bits per heavy atom. The van der Waals surface area contributed by atoms with E-state index >= 15 is 0 Å². The van der Waals surface area contributed by atoms with Gasteiger partial charge in [-0.25, -0.2) is 0 Å². The monoisotopic (exact) mass is 389 g/mol. The molecule has 1 heterocycles. The van der Waals surface area contributed by atoms with Crippen LogP contribution in [0, 0.1) is 0 Å². The quantitative estimate of drug-likeness (QED) is 0.714. The van der Waals surface area contributed by atoms with Crippen LogP contribution < -0.4 is 10.2 Å². The van der Waals surface area contributed by atoms with Crippen molar-refractivity contribution in [3.63, 3.8) is 0 Å². The topological polar surface area (TPSA) is 61.9 Å². The third-order valence-corrected chi connectivity index (χ3v) is 4.97. The van der Waals surface area contributed by atoms with E-state index in [1.54, 1.807) is 12.0 Å². The second-order valence-corrected chi connectivity index (χ2v) is 7.28. The van der Waals surface area contributed by atoms with Gasteiger partial charge in [0.15, 0.2) is 0 Å². The molecular formula is C20H27N3O3S. The lowest BCUT2D eigenvalue weighted by Gasteiger charge is -2.26. The van der Waals surface area contributed by atoms with Gasteiger partial charge in [0.05, 0.1) is 11.5 Å². The number of anilines is 2. The molecule has 0 radical (unpaired) electrons. The Balaban J connectivity index is 2.31. The van der Waals surface area contributed by atoms with E-state index in [1.807, 2.05) is 61.6 Å². The molecule has 6 nitrogen and oxygen atoms in total. The molecule has 0 spiro atoms. The zero-order valence-electron chi connectivity index (χ0n) is 16.3. The van der Waals surface area contributed by atoms with Gasteiger partial charge in [0.1, 0.15) is 0 Å². The van der Waals surface area contributed by atoms with Gasteiger partial charge in [-0.2, -0.15) is 0 Å². The SMILES string of the molecule is CCC(=O)Nc1ccc(N(C)C)c(CN(CCOC)C(=O)c2cccs2)c1. The van der Waals surface area contributed by atoms with E-state index in [4.69, 9.17) is 4.74 Å². The molecule has 0 aliphatic carbocycles. The molecule has 0 unspecified atom stereocenters. The van der Waals surface area contributed by atoms with E-state index in [0.29, 0.717) is 31.0 Å². The summed E-state index contributed by atoms with van der Waals surface area (Å²) < 4.78 is 5.19. The summed E-state index contributed by atoms with van der Waals surface area (Å²) >= 11 is 1.43. The average Bonchev–Trinajstić information content (AvgIpc) is 3.19. The molecule has 27 heavy (non-hydrogen) atoms. The van der Waals surface area contributed by atoms with E-state index in [0.717, 1.165) is 16.9 Å². The zero-order chi connectivity index (χ0) is 19.8. The van der Waals surface area contributed by atoms with Gasteiger partial charge in [-0.15, -0.1) is 11.3 Å². The highest BCUT2D eigenvalue weighted by Crippen LogP contribution is 2.25. The molecule has 146 valence electrons. The first kappa shape index (κ1) is 20.9. The van der Waals surface area contributed by atoms with Crippen molar-refractivity contribution in [2.45, 2.75) is 19.9 Å². The normalized spacial score (nSPS) is 10.5. The number of carbonyl (C=O) groups excluding carboxylic acids is 2. The van der Waals surface area contributed by atoms with Crippen molar-refractivity contribution < 1.29 is 14.3 Å². The minimum atomic E-state index is -0.0375. The largest absolute Gasteiger partial charge is 0.383 e. The number of amides is 2. The Kier molecular flexibility index (Phi) is 7.82. The zero-order valence-corrected chi connectivity index (χ0v) is 17.1. The third-order valence-electron chi connectivity index (χ3n) is 4.11. The lowest BCUT2D eigenvalue weighted by atomic mass is 10.1. The number of thiophene rings is 1. The van der Waals surface area contributed by atoms with Gasteiger partial charge in [-0.05, 0) is 35.2 Å². The lowest BCUT2D eigenvalue weighted by molar-refractivity contribution is -0.115. The first-order valence-electron chi connectivity index (χ1n) is 8.88. The predicted molar refractivity (Wildman–Crippen MR) is 111 cm³/mol. The van der Waals surface area contributed by atoms with Crippen molar-refractivity contribution in [3.8, 4) is 0 Å². The summed E-state index contributed by atoms with van der Waals surface area (Å²) in [5.74, 6) is -0.0563. The van der Waals surface area contributed by atoms with Crippen LogP contribution in [-0.4, -0.2) is 51.1 Å². The number of hydrogen-bond acceptors (Lipinski definition) is 5. The van der Waals surface area contributed by atoms with E-state index < -0.39 is 0 Å². The maximum absolute atomic E-state index is 12.9. The van der Waals surface area contributed by atoms with Gasteiger partial charge in [-0.3, -0.25) is 9.59 Å². The molecule has 0 saturated heterocycles. The number of nitrogens with zero attached hydrogens (tertiary/aromatic N) is 2. The minimum absolute atomic E-state index is 0.0187. The highest BCUT2D eigenvalue weighted by atomic mass is 32.1. The number of benzene rings is 1. The Morgan fingerprint density at radius 3 is 2.59 bits per heavy atom. The second-order valence-electron chi connectivity index (χ2n) is 6.34. The molecule has 2 aromatic rings. The summed E-state index contributed by atoms with van der Waals surface area (Å²) in [4.78, 5) is 29.1. The van der Waals surface area contributed by atoms with Crippen LogP contribution in [0.3, 0.4) is 0 Å². The Morgan fingerprint density at radius 2 is 2.00 bits per heavy atom. The summed E-state index contributed by atoms with van der Waals surface area (Å²) in [5, 5.41) is 4.78. The first-order valence-corrected chi connectivity index (χ1v) is 9.76. The number of nitrogens with one attached hydrogen (secondary N) is 1. The highest BCUT2D eigenvalue weighted by molar-refractivity contribution is 7.12. The summed E-state index contributed by atoms with van der Waals surface area (Å²) in [5.41, 5.74) is 2.71. The average molecular weight is 390 g/mol. The van der Waals surface area contributed by atoms with E-state index in [1.165, 1.54) is 11.3 Å².